The fraction of sp³-hybridized carbons (Fsp3) is 0.222. The molecule has 0 atom stereocenters. The van der Waals surface area contributed by atoms with Crippen molar-refractivity contribution in [3.8, 4) is 0 Å². The average Bonchev–Trinajstić information content (AvgIpc) is 2.21. The van der Waals surface area contributed by atoms with E-state index in [-0.39, 0.29) is 11.6 Å². The molecule has 0 aliphatic heterocycles. The maximum atomic E-state index is 12.5. The molecule has 0 radical (unpaired) electrons. The van der Waals surface area contributed by atoms with E-state index in [0.717, 1.165) is 5.56 Å². The number of halogens is 1. The Morgan fingerprint density at radius 2 is 2.07 bits per heavy atom. The summed E-state index contributed by atoms with van der Waals surface area (Å²) in [6.45, 7) is 0. The van der Waals surface area contributed by atoms with Crippen LogP contribution < -0.4 is 5.48 Å². The molecule has 1 rings (SSSR count). The molecule has 14 heavy (non-hydrogen) atoms. The van der Waals surface area contributed by atoms with Crippen LogP contribution in [0.15, 0.2) is 24.3 Å². The Labute approximate surface area is 85.3 Å². The zero-order chi connectivity index (χ0) is 10.4. The lowest BCUT2D eigenvalue weighted by molar-refractivity contribution is -0.126. The summed E-state index contributed by atoms with van der Waals surface area (Å²) in [7, 11) is 0. The second kappa shape index (κ2) is 5.62. The van der Waals surface area contributed by atoms with Gasteiger partial charge in [0.05, 0.1) is 5.75 Å². The summed E-state index contributed by atoms with van der Waals surface area (Å²) in [6, 6.07) is 6.09. The first kappa shape index (κ1) is 11.0. The molecule has 0 saturated carbocycles. The second-order valence-electron chi connectivity index (χ2n) is 2.65. The zero-order valence-electron chi connectivity index (χ0n) is 7.37. The van der Waals surface area contributed by atoms with Gasteiger partial charge in [-0.05, 0) is 17.7 Å². The van der Waals surface area contributed by atoms with Gasteiger partial charge in [-0.25, -0.2) is 9.87 Å². The molecular formula is C9H10FNO2S. The van der Waals surface area contributed by atoms with Gasteiger partial charge in [-0.2, -0.15) is 0 Å². The summed E-state index contributed by atoms with van der Waals surface area (Å²) in [6.07, 6.45) is 0. The van der Waals surface area contributed by atoms with E-state index in [0.29, 0.717) is 5.75 Å². The third kappa shape index (κ3) is 3.76. The van der Waals surface area contributed by atoms with E-state index in [9.17, 15) is 9.18 Å². The predicted molar refractivity (Wildman–Crippen MR) is 52.5 cm³/mol. The predicted octanol–water partition coefficient (Wildman–Crippen LogP) is 1.56. The molecule has 1 aromatic carbocycles. The lowest BCUT2D eigenvalue weighted by Gasteiger charge is -2.00. The third-order valence-electron chi connectivity index (χ3n) is 1.54. The molecule has 2 N–H and O–H groups in total. The summed E-state index contributed by atoms with van der Waals surface area (Å²) in [5.41, 5.74) is 2.49. The summed E-state index contributed by atoms with van der Waals surface area (Å²) in [5.74, 6) is 0.102. The maximum absolute atomic E-state index is 12.5. The lowest BCUT2D eigenvalue weighted by atomic mass is 10.2. The molecule has 0 aliphatic rings. The summed E-state index contributed by atoms with van der Waals surface area (Å²) in [4.78, 5) is 10.6. The minimum atomic E-state index is -0.433. The SMILES string of the molecule is O=C(CSCc1ccc(F)cc1)NO. The molecule has 0 spiro atoms. The Balaban J connectivity index is 2.31. The minimum absolute atomic E-state index is 0.188. The molecule has 76 valence electrons. The van der Waals surface area contributed by atoms with E-state index in [1.54, 1.807) is 17.6 Å². The molecule has 3 nitrogen and oxygen atoms in total. The van der Waals surface area contributed by atoms with Crippen molar-refractivity contribution < 1.29 is 14.4 Å². The Morgan fingerprint density at radius 3 is 2.64 bits per heavy atom. The van der Waals surface area contributed by atoms with Gasteiger partial charge in [-0.3, -0.25) is 10.0 Å². The van der Waals surface area contributed by atoms with Gasteiger partial charge in [0.2, 0.25) is 0 Å². The van der Waals surface area contributed by atoms with Gasteiger partial charge < -0.3 is 0 Å². The van der Waals surface area contributed by atoms with Crippen molar-refractivity contribution in [2.75, 3.05) is 5.75 Å². The Morgan fingerprint density at radius 1 is 1.43 bits per heavy atom. The van der Waals surface area contributed by atoms with E-state index < -0.39 is 5.91 Å². The quantitative estimate of drug-likeness (QED) is 0.592. The zero-order valence-corrected chi connectivity index (χ0v) is 8.18. The van der Waals surface area contributed by atoms with E-state index in [1.807, 2.05) is 0 Å². The number of amides is 1. The molecule has 1 amide bonds. The van der Waals surface area contributed by atoms with Crippen LogP contribution in [0.5, 0.6) is 0 Å². The summed E-state index contributed by atoms with van der Waals surface area (Å²) < 4.78 is 12.5. The number of thioether (sulfide) groups is 1. The monoisotopic (exact) mass is 215 g/mol. The first-order chi connectivity index (χ1) is 6.72. The van der Waals surface area contributed by atoms with Gasteiger partial charge >= 0.3 is 0 Å². The third-order valence-corrected chi connectivity index (χ3v) is 2.54. The number of carbonyl (C=O) groups excluding carboxylic acids is 1. The van der Waals surface area contributed by atoms with Crippen molar-refractivity contribution in [2.24, 2.45) is 0 Å². The summed E-state index contributed by atoms with van der Waals surface area (Å²) >= 11 is 1.35. The van der Waals surface area contributed by atoms with Crippen molar-refractivity contribution in [1.82, 2.24) is 5.48 Å². The number of carbonyl (C=O) groups is 1. The maximum Gasteiger partial charge on any atom is 0.253 e. The Bertz CT molecular complexity index is 302. The number of benzene rings is 1. The highest BCUT2D eigenvalue weighted by Crippen LogP contribution is 2.12. The second-order valence-corrected chi connectivity index (χ2v) is 3.64. The van der Waals surface area contributed by atoms with Crippen LogP contribution >= 0.6 is 11.8 Å². The Kier molecular flexibility index (Phi) is 4.42. The van der Waals surface area contributed by atoms with Crippen LogP contribution in [0.3, 0.4) is 0 Å². The Hall–Kier alpha value is -1.07. The number of hydrogen-bond acceptors (Lipinski definition) is 3. The standard InChI is InChI=1S/C9H10FNO2S/c10-8-3-1-7(2-4-8)5-14-6-9(12)11-13/h1-4,13H,5-6H2,(H,11,12). The van der Waals surface area contributed by atoms with Crippen molar-refractivity contribution in [3.05, 3.63) is 35.6 Å². The molecule has 0 heterocycles. The van der Waals surface area contributed by atoms with E-state index in [4.69, 9.17) is 5.21 Å². The van der Waals surface area contributed by atoms with Gasteiger partial charge in [-0.15, -0.1) is 11.8 Å². The average molecular weight is 215 g/mol. The van der Waals surface area contributed by atoms with Crippen LogP contribution in [0.2, 0.25) is 0 Å². The fourth-order valence-corrected chi connectivity index (χ4v) is 1.65. The van der Waals surface area contributed by atoms with Crippen LogP contribution in [0, 0.1) is 5.82 Å². The normalized spacial score (nSPS) is 9.86. The van der Waals surface area contributed by atoms with Crippen molar-refractivity contribution in [3.63, 3.8) is 0 Å². The minimum Gasteiger partial charge on any atom is -0.289 e. The van der Waals surface area contributed by atoms with Crippen LogP contribution in [-0.4, -0.2) is 16.9 Å². The van der Waals surface area contributed by atoms with Crippen molar-refractivity contribution >= 4 is 17.7 Å². The smallest absolute Gasteiger partial charge is 0.253 e. The first-order valence-electron chi connectivity index (χ1n) is 3.97. The summed E-state index contributed by atoms with van der Waals surface area (Å²) in [5, 5.41) is 8.21. The van der Waals surface area contributed by atoms with E-state index >= 15 is 0 Å². The molecule has 5 heteroatoms. The van der Waals surface area contributed by atoms with E-state index in [1.165, 1.54) is 23.9 Å². The van der Waals surface area contributed by atoms with Gasteiger partial charge in [0.25, 0.3) is 5.91 Å². The van der Waals surface area contributed by atoms with Crippen molar-refractivity contribution in [1.29, 1.82) is 0 Å². The topological polar surface area (TPSA) is 49.3 Å². The molecule has 0 fully saturated rings. The number of hydrogen-bond donors (Lipinski definition) is 2. The van der Waals surface area contributed by atoms with Gasteiger partial charge in [0, 0.05) is 5.75 Å². The number of hydroxylamine groups is 1. The molecule has 0 saturated heterocycles. The van der Waals surface area contributed by atoms with Gasteiger partial charge in [0.1, 0.15) is 5.82 Å². The van der Waals surface area contributed by atoms with Gasteiger partial charge in [-0.1, -0.05) is 12.1 Å². The molecular weight excluding hydrogens is 205 g/mol. The van der Waals surface area contributed by atoms with Crippen LogP contribution in [0.4, 0.5) is 4.39 Å². The van der Waals surface area contributed by atoms with Crippen LogP contribution in [-0.2, 0) is 10.5 Å². The van der Waals surface area contributed by atoms with E-state index in [2.05, 4.69) is 0 Å². The van der Waals surface area contributed by atoms with Crippen LogP contribution in [0.25, 0.3) is 0 Å². The highest BCUT2D eigenvalue weighted by Gasteiger charge is 1.99. The fourth-order valence-electron chi connectivity index (χ4n) is 0.874. The molecule has 0 aliphatic carbocycles. The largest absolute Gasteiger partial charge is 0.289 e. The van der Waals surface area contributed by atoms with Crippen LogP contribution in [0.1, 0.15) is 5.56 Å². The first-order valence-corrected chi connectivity index (χ1v) is 5.13. The molecule has 1 aromatic rings. The molecule has 0 bridgehead atoms. The van der Waals surface area contributed by atoms with Crippen molar-refractivity contribution in [2.45, 2.75) is 5.75 Å². The molecule has 0 unspecified atom stereocenters. The molecule has 0 aromatic heterocycles. The highest BCUT2D eigenvalue weighted by molar-refractivity contribution is 7.99. The highest BCUT2D eigenvalue weighted by atomic mass is 32.2. The number of rotatable bonds is 4. The number of nitrogens with one attached hydrogen (secondary N) is 1. The lowest BCUT2D eigenvalue weighted by Crippen LogP contribution is -2.20. The van der Waals surface area contributed by atoms with Gasteiger partial charge in [0.15, 0.2) is 0 Å².